The molecule has 0 aliphatic rings. The summed E-state index contributed by atoms with van der Waals surface area (Å²) in [5, 5.41) is 17.2. The smallest absolute Gasteiger partial charge is 0.319 e. The summed E-state index contributed by atoms with van der Waals surface area (Å²) in [4.78, 5) is 22.3. The zero-order chi connectivity index (χ0) is 15.7. The fourth-order valence-electron chi connectivity index (χ4n) is 1.89. The third-order valence-electron chi connectivity index (χ3n) is 3.09. The van der Waals surface area contributed by atoms with E-state index in [0.717, 1.165) is 11.3 Å². The Morgan fingerprint density at radius 1 is 1.29 bits per heavy atom. The lowest BCUT2D eigenvalue weighted by atomic mass is 10.1. The summed E-state index contributed by atoms with van der Waals surface area (Å²) in [5.41, 5.74) is 1.77. The Morgan fingerprint density at radius 2 is 2.00 bits per heavy atom. The molecule has 0 heterocycles. The Kier molecular flexibility index (Phi) is 7.25. The number of carbonyl (C=O) groups is 2. The van der Waals surface area contributed by atoms with E-state index in [-0.39, 0.29) is 18.4 Å². The number of rotatable bonds is 8. The number of amides is 2. The maximum absolute atomic E-state index is 11.9. The molecule has 0 radical (unpaired) electrons. The molecule has 1 atom stereocenters. The predicted molar refractivity (Wildman–Crippen MR) is 82.3 cm³/mol. The third-order valence-corrected chi connectivity index (χ3v) is 3.09. The maximum Gasteiger partial charge on any atom is 0.319 e. The summed E-state index contributed by atoms with van der Waals surface area (Å²) in [6, 6.07) is 7.30. The number of para-hydroxylation sites is 1. The molecule has 6 heteroatoms. The van der Waals surface area contributed by atoms with Gasteiger partial charge in [-0.2, -0.15) is 0 Å². The van der Waals surface area contributed by atoms with Crippen LogP contribution in [0.15, 0.2) is 24.3 Å². The number of nitrogens with one attached hydrogen (secondary N) is 3. The first-order valence-electron chi connectivity index (χ1n) is 7.02. The molecule has 0 saturated carbocycles. The Balaban J connectivity index is 2.41. The first kappa shape index (κ1) is 17.0. The van der Waals surface area contributed by atoms with Crippen molar-refractivity contribution in [1.29, 1.82) is 0 Å². The van der Waals surface area contributed by atoms with E-state index in [0.29, 0.717) is 19.5 Å². The van der Waals surface area contributed by atoms with Gasteiger partial charge in [-0.3, -0.25) is 4.79 Å². The number of aliphatic carboxylic acids is 1. The van der Waals surface area contributed by atoms with Gasteiger partial charge in [0.2, 0.25) is 0 Å². The van der Waals surface area contributed by atoms with Gasteiger partial charge in [0.1, 0.15) is 0 Å². The van der Waals surface area contributed by atoms with Gasteiger partial charge in [-0.15, -0.1) is 0 Å². The number of carboxylic acids is 1. The Hall–Kier alpha value is -2.08. The summed E-state index contributed by atoms with van der Waals surface area (Å²) in [6.07, 6.45) is 0.668. The first-order chi connectivity index (χ1) is 10.0. The van der Waals surface area contributed by atoms with Crippen LogP contribution < -0.4 is 16.0 Å². The maximum atomic E-state index is 11.9. The average Bonchev–Trinajstić information content (AvgIpc) is 2.45. The zero-order valence-corrected chi connectivity index (χ0v) is 12.5. The highest BCUT2D eigenvalue weighted by molar-refractivity contribution is 5.90. The van der Waals surface area contributed by atoms with Crippen molar-refractivity contribution in [1.82, 2.24) is 10.6 Å². The van der Waals surface area contributed by atoms with Crippen molar-refractivity contribution in [2.24, 2.45) is 5.92 Å². The van der Waals surface area contributed by atoms with Gasteiger partial charge >= 0.3 is 12.0 Å². The standard InChI is InChI=1S/C15H23N3O3/c1-11(7-8-14(19)20)9-17-15(21)18-13-6-4-3-5-12(13)10-16-2/h3-6,11,16H,7-10H2,1-2H3,(H,19,20)(H2,17,18,21). The summed E-state index contributed by atoms with van der Waals surface area (Å²) in [5.74, 6) is -0.688. The molecule has 0 fully saturated rings. The largest absolute Gasteiger partial charge is 0.481 e. The monoisotopic (exact) mass is 293 g/mol. The van der Waals surface area contributed by atoms with E-state index in [4.69, 9.17) is 5.11 Å². The van der Waals surface area contributed by atoms with Gasteiger partial charge in [0, 0.05) is 25.2 Å². The van der Waals surface area contributed by atoms with Gasteiger partial charge in [0.25, 0.3) is 0 Å². The highest BCUT2D eigenvalue weighted by Crippen LogP contribution is 2.14. The predicted octanol–water partition coefficient (Wildman–Crippen LogP) is 2.03. The van der Waals surface area contributed by atoms with E-state index < -0.39 is 5.97 Å². The van der Waals surface area contributed by atoms with Crippen LogP contribution in [-0.2, 0) is 11.3 Å². The van der Waals surface area contributed by atoms with Gasteiger partial charge in [-0.1, -0.05) is 25.1 Å². The molecular weight excluding hydrogens is 270 g/mol. The summed E-state index contributed by atoms with van der Waals surface area (Å²) >= 11 is 0. The normalized spacial score (nSPS) is 11.7. The van der Waals surface area contributed by atoms with E-state index in [1.807, 2.05) is 38.2 Å². The van der Waals surface area contributed by atoms with E-state index in [9.17, 15) is 9.59 Å². The van der Waals surface area contributed by atoms with Gasteiger partial charge in [0.05, 0.1) is 0 Å². The molecule has 116 valence electrons. The van der Waals surface area contributed by atoms with Gasteiger partial charge in [-0.25, -0.2) is 4.79 Å². The minimum atomic E-state index is -0.813. The number of carboxylic acid groups (broad SMARTS) is 1. The molecular formula is C15H23N3O3. The van der Waals surface area contributed by atoms with Gasteiger partial charge in [0.15, 0.2) is 0 Å². The third kappa shape index (κ3) is 6.76. The molecule has 4 N–H and O–H groups in total. The van der Waals surface area contributed by atoms with Crippen LogP contribution in [0.25, 0.3) is 0 Å². The highest BCUT2D eigenvalue weighted by Gasteiger charge is 2.09. The second kappa shape index (κ2) is 8.97. The van der Waals surface area contributed by atoms with E-state index in [1.165, 1.54) is 0 Å². The lowest BCUT2D eigenvalue weighted by Crippen LogP contribution is -2.33. The van der Waals surface area contributed by atoms with Crippen molar-refractivity contribution in [2.75, 3.05) is 18.9 Å². The molecule has 1 rings (SSSR count). The number of urea groups is 1. The summed E-state index contributed by atoms with van der Waals surface area (Å²) < 4.78 is 0. The Labute approximate surface area is 124 Å². The van der Waals surface area contributed by atoms with Crippen molar-refractivity contribution in [2.45, 2.75) is 26.3 Å². The highest BCUT2D eigenvalue weighted by atomic mass is 16.4. The number of hydrogen-bond acceptors (Lipinski definition) is 3. The summed E-state index contributed by atoms with van der Waals surface area (Å²) in [6.45, 7) is 3.04. The van der Waals surface area contributed by atoms with Crippen molar-refractivity contribution in [3.63, 3.8) is 0 Å². The molecule has 0 bridgehead atoms. The lowest BCUT2D eigenvalue weighted by molar-refractivity contribution is -0.137. The molecule has 0 saturated heterocycles. The van der Waals surface area contributed by atoms with Crippen molar-refractivity contribution < 1.29 is 14.7 Å². The van der Waals surface area contributed by atoms with E-state index >= 15 is 0 Å². The average molecular weight is 293 g/mol. The summed E-state index contributed by atoms with van der Waals surface area (Å²) in [7, 11) is 1.85. The van der Waals surface area contributed by atoms with Crippen molar-refractivity contribution in [3.8, 4) is 0 Å². The fourth-order valence-corrected chi connectivity index (χ4v) is 1.89. The number of anilines is 1. The Morgan fingerprint density at radius 3 is 2.67 bits per heavy atom. The topological polar surface area (TPSA) is 90.5 Å². The van der Waals surface area contributed by atoms with Crippen LogP contribution in [0, 0.1) is 5.92 Å². The molecule has 2 amide bonds. The molecule has 21 heavy (non-hydrogen) atoms. The fraction of sp³-hybridized carbons (Fsp3) is 0.467. The second-order valence-electron chi connectivity index (χ2n) is 5.06. The van der Waals surface area contributed by atoms with Crippen LogP contribution in [0.1, 0.15) is 25.3 Å². The van der Waals surface area contributed by atoms with Crippen LogP contribution in [0.5, 0.6) is 0 Å². The Bertz CT molecular complexity index is 477. The van der Waals surface area contributed by atoms with Crippen LogP contribution in [0.4, 0.5) is 10.5 Å². The lowest BCUT2D eigenvalue weighted by Gasteiger charge is -2.14. The molecule has 0 aliphatic heterocycles. The number of benzene rings is 1. The van der Waals surface area contributed by atoms with Crippen molar-refractivity contribution >= 4 is 17.7 Å². The molecule has 1 aromatic carbocycles. The molecule has 6 nitrogen and oxygen atoms in total. The SMILES string of the molecule is CNCc1ccccc1NC(=O)NCC(C)CCC(=O)O. The molecule has 0 aliphatic carbocycles. The van der Waals surface area contributed by atoms with Crippen LogP contribution in [0.2, 0.25) is 0 Å². The number of carbonyl (C=O) groups excluding carboxylic acids is 1. The molecule has 1 unspecified atom stereocenters. The molecule has 0 spiro atoms. The van der Waals surface area contributed by atoms with Crippen molar-refractivity contribution in [3.05, 3.63) is 29.8 Å². The van der Waals surface area contributed by atoms with Crippen LogP contribution >= 0.6 is 0 Å². The molecule has 1 aromatic rings. The van der Waals surface area contributed by atoms with Gasteiger partial charge < -0.3 is 21.1 Å². The minimum absolute atomic E-state index is 0.121. The second-order valence-corrected chi connectivity index (χ2v) is 5.06. The zero-order valence-electron chi connectivity index (χ0n) is 12.5. The quantitative estimate of drug-likeness (QED) is 0.590. The van der Waals surface area contributed by atoms with Crippen LogP contribution in [0.3, 0.4) is 0 Å². The van der Waals surface area contributed by atoms with E-state index in [2.05, 4.69) is 16.0 Å². The van der Waals surface area contributed by atoms with Gasteiger partial charge in [-0.05, 0) is 31.0 Å². The van der Waals surface area contributed by atoms with E-state index in [1.54, 1.807) is 0 Å². The first-order valence-corrected chi connectivity index (χ1v) is 7.02. The van der Waals surface area contributed by atoms with Crippen LogP contribution in [-0.4, -0.2) is 30.7 Å². The number of hydrogen-bond donors (Lipinski definition) is 4. The molecule has 0 aromatic heterocycles. The minimum Gasteiger partial charge on any atom is -0.481 e.